The topological polar surface area (TPSA) is 21.3 Å². The molecule has 0 aromatic heterocycles. The number of hydrogen-bond acceptors (Lipinski definition) is 2. The Bertz CT molecular complexity index is 388. The van der Waals surface area contributed by atoms with Crippen LogP contribution in [0.25, 0.3) is 0 Å². The van der Waals surface area contributed by atoms with E-state index >= 15 is 0 Å². The summed E-state index contributed by atoms with van der Waals surface area (Å²) >= 11 is 0. The molecular formula is C14H21F2NO. The molecule has 1 aromatic rings. The van der Waals surface area contributed by atoms with E-state index in [1.807, 2.05) is 6.92 Å². The van der Waals surface area contributed by atoms with Crippen molar-refractivity contribution >= 4 is 0 Å². The molecule has 1 rings (SSSR count). The molecule has 4 heteroatoms. The number of rotatable bonds is 5. The van der Waals surface area contributed by atoms with Crippen LogP contribution in [0.1, 0.15) is 27.7 Å². The average molecular weight is 257 g/mol. The first-order valence-electron chi connectivity index (χ1n) is 6.11. The Morgan fingerprint density at radius 2 is 1.89 bits per heavy atom. The predicted molar refractivity (Wildman–Crippen MR) is 68.8 cm³/mol. The van der Waals surface area contributed by atoms with Crippen molar-refractivity contribution in [3.05, 3.63) is 29.8 Å². The highest BCUT2D eigenvalue weighted by molar-refractivity contribution is 5.23. The van der Waals surface area contributed by atoms with E-state index in [4.69, 9.17) is 4.74 Å². The van der Waals surface area contributed by atoms with Gasteiger partial charge in [-0.1, -0.05) is 6.92 Å². The summed E-state index contributed by atoms with van der Waals surface area (Å²) < 4.78 is 31.1. The third-order valence-electron chi connectivity index (χ3n) is 2.41. The van der Waals surface area contributed by atoms with Crippen LogP contribution >= 0.6 is 0 Å². The summed E-state index contributed by atoms with van der Waals surface area (Å²) in [6, 6.07) is 3.57. The van der Waals surface area contributed by atoms with Crippen molar-refractivity contribution in [2.45, 2.75) is 33.2 Å². The van der Waals surface area contributed by atoms with Gasteiger partial charge in [0.05, 0.1) is 6.61 Å². The minimum absolute atomic E-state index is 0.0657. The lowest BCUT2D eigenvalue weighted by Gasteiger charge is -2.23. The Morgan fingerprint density at radius 1 is 1.22 bits per heavy atom. The van der Waals surface area contributed by atoms with Gasteiger partial charge in [0.25, 0.3) is 0 Å². The minimum atomic E-state index is -0.882. The molecule has 18 heavy (non-hydrogen) atoms. The van der Waals surface area contributed by atoms with Gasteiger partial charge in [0.2, 0.25) is 0 Å². The van der Waals surface area contributed by atoms with Crippen molar-refractivity contribution in [3.63, 3.8) is 0 Å². The molecule has 0 fully saturated rings. The van der Waals surface area contributed by atoms with E-state index < -0.39 is 11.6 Å². The van der Waals surface area contributed by atoms with Crippen molar-refractivity contribution in [1.29, 1.82) is 0 Å². The van der Waals surface area contributed by atoms with Crippen molar-refractivity contribution in [2.75, 3.05) is 13.2 Å². The van der Waals surface area contributed by atoms with Crippen LogP contribution in [0.3, 0.4) is 0 Å². The molecule has 0 spiro atoms. The Hall–Kier alpha value is -1.16. The van der Waals surface area contributed by atoms with E-state index in [1.165, 1.54) is 6.07 Å². The van der Waals surface area contributed by atoms with Gasteiger partial charge in [0.1, 0.15) is 5.75 Å². The van der Waals surface area contributed by atoms with E-state index in [2.05, 4.69) is 26.1 Å². The maximum Gasteiger partial charge on any atom is 0.162 e. The van der Waals surface area contributed by atoms with Gasteiger partial charge < -0.3 is 10.1 Å². The van der Waals surface area contributed by atoms with Crippen molar-refractivity contribution < 1.29 is 13.5 Å². The first kappa shape index (κ1) is 14.9. The molecular weight excluding hydrogens is 236 g/mol. The molecule has 2 nitrogen and oxygen atoms in total. The largest absolute Gasteiger partial charge is 0.493 e. The van der Waals surface area contributed by atoms with Gasteiger partial charge in [0, 0.05) is 24.1 Å². The third-order valence-corrected chi connectivity index (χ3v) is 2.41. The standard InChI is InChI=1S/C14H21F2NO/c1-10(8-17-14(2,3)4)9-18-11-5-6-12(15)13(16)7-11/h5-7,10,17H,8-9H2,1-4H3. The summed E-state index contributed by atoms with van der Waals surface area (Å²) in [5, 5.41) is 3.36. The predicted octanol–water partition coefficient (Wildman–Crippen LogP) is 3.37. The first-order valence-corrected chi connectivity index (χ1v) is 6.11. The normalized spacial score (nSPS) is 13.4. The van der Waals surface area contributed by atoms with Crippen LogP contribution in [0.2, 0.25) is 0 Å². The number of ether oxygens (including phenoxy) is 1. The third kappa shape index (κ3) is 5.45. The number of halogens is 2. The number of nitrogens with one attached hydrogen (secondary N) is 1. The second-order valence-corrected chi connectivity index (χ2v) is 5.62. The molecule has 102 valence electrons. The fraction of sp³-hybridized carbons (Fsp3) is 0.571. The van der Waals surface area contributed by atoms with Gasteiger partial charge in [-0.2, -0.15) is 0 Å². The SMILES string of the molecule is CC(CNC(C)(C)C)COc1ccc(F)c(F)c1. The number of benzene rings is 1. The van der Waals surface area contributed by atoms with Crippen LogP contribution in [-0.4, -0.2) is 18.7 Å². The summed E-state index contributed by atoms with van der Waals surface area (Å²) in [6.45, 7) is 9.60. The minimum Gasteiger partial charge on any atom is -0.493 e. The smallest absolute Gasteiger partial charge is 0.162 e. The number of hydrogen-bond donors (Lipinski definition) is 1. The average Bonchev–Trinajstić information content (AvgIpc) is 2.27. The lowest BCUT2D eigenvalue weighted by atomic mass is 10.1. The van der Waals surface area contributed by atoms with Crippen LogP contribution in [0, 0.1) is 17.6 Å². The van der Waals surface area contributed by atoms with Crippen LogP contribution in [0.5, 0.6) is 5.75 Å². The van der Waals surface area contributed by atoms with Gasteiger partial charge in [-0.05, 0) is 32.9 Å². The lowest BCUT2D eigenvalue weighted by Crippen LogP contribution is -2.39. The molecule has 0 saturated carbocycles. The summed E-state index contributed by atoms with van der Waals surface area (Å²) in [4.78, 5) is 0. The van der Waals surface area contributed by atoms with E-state index in [0.717, 1.165) is 18.7 Å². The summed E-state index contributed by atoms with van der Waals surface area (Å²) in [5.41, 5.74) is 0.0657. The molecule has 1 unspecified atom stereocenters. The zero-order valence-corrected chi connectivity index (χ0v) is 11.4. The summed E-state index contributed by atoms with van der Waals surface area (Å²) in [5.74, 6) is -1.09. The Balaban J connectivity index is 2.38. The van der Waals surface area contributed by atoms with E-state index in [9.17, 15) is 8.78 Å². The highest BCUT2D eigenvalue weighted by Crippen LogP contribution is 2.16. The van der Waals surface area contributed by atoms with Crippen molar-refractivity contribution in [3.8, 4) is 5.75 Å². The van der Waals surface area contributed by atoms with Crippen LogP contribution in [0.15, 0.2) is 18.2 Å². The highest BCUT2D eigenvalue weighted by atomic mass is 19.2. The fourth-order valence-corrected chi connectivity index (χ4v) is 1.34. The Kier molecular flexibility index (Phi) is 5.08. The quantitative estimate of drug-likeness (QED) is 0.873. The Labute approximate surface area is 107 Å². The second-order valence-electron chi connectivity index (χ2n) is 5.62. The van der Waals surface area contributed by atoms with E-state index in [0.29, 0.717) is 12.4 Å². The summed E-state index contributed by atoms with van der Waals surface area (Å²) in [7, 11) is 0. The first-order chi connectivity index (χ1) is 8.28. The lowest BCUT2D eigenvalue weighted by molar-refractivity contribution is 0.243. The van der Waals surface area contributed by atoms with Crippen molar-refractivity contribution in [1.82, 2.24) is 5.32 Å². The van der Waals surface area contributed by atoms with Gasteiger partial charge in [-0.15, -0.1) is 0 Å². The maximum absolute atomic E-state index is 12.9. The molecule has 0 heterocycles. The Morgan fingerprint density at radius 3 is 2.44 bits per heavy atom. The summed E-state index contributed by atoms with van der Waals surface area (Å²) in [6.07, 6.45) is 0. The van der Waals surface area contributed by atoms with Gasteiger partial charge in [-0.3, -0.25) is 0 Å². The second kappa shape index (κ2) is 6.14. The molecule has 0 saturated heterocycles. The molecule has 0 aliphatic rings. The van der Waals surface area contributed by atoms with Gasteiger partial charge in [-0.25, -0.2) is 8.78 Å². The van der Waals surface area contributed by atoms with Gasteiger partial charge in [0.15, 0.2) is 11.6 Å². The van der Waals surface area contributed by atoms with Crippen LogP contribution < -0.4 is 10.1 Å². The molecule has 0 amide bonds. The van der Waals surface area contributed by atoms with Crippen LogP contribution in [0.4, 0.5) is 8.78 Å². The van der Waals surface area contributed by atoms with Gasteiger partial charge >= 0.3 is 0 Å². The molecule has 1 aromatic carbocycles. The molecule has 0 aliphatic heterocycles. The molecule has 0 bridgehead atoms. The zero-order valence-electron chi connectivity index (χ0n) is 11.4. The molecule has 0 aliphatic carbocycles. The molecule has 0 radical (unpaired) electrons. The highest BCUT2D eigenvalue weighted by Gasteiger charge is 2.12. The van der Waals surface area contributed by atoms with E-state index in [1.54, 1.807) is 0 Å². The maximum atomic E-state index is 12.9. The van der Waals surface area contributed by atoms with E-state index in [-0.39, 0.29) is 11.5 Å². The monoisotopic (exact) mass is 257 g/mol. The van der Waals surface area contributed by atoms with Crippen molar-refractivity contribution in [2.24, 2.45) is 5.92 Å². The fourth-order valence-electron chi connectivity index (χ4n) is 1.34. The molecule has 1 atom stereocenters. The zero-order chi connectivity index (χ0) is 13.8. The molecule has 1 N–H and O–H groups in total. The van der Waals surface area contributed by atoms with Crippen LogP contribution in [-0.2, 0) is 0 Å².